The molecule has 1 N–H and O–H groups in total. The summed E-state index contributed by atoms with van der Waals surface area (Å²) >= 11 is 5.85. The molecule has 1 fully saturated rings. The van der Waals surface area contributed by atoms with Crippen LogP contribution in [0.25, 0.3) is 0 Å². The van der Waals surface area contributed by atoms with Crippen molar-refractivity contribution in [3.63, 3.8) is 0 Å². The van der Waals surface area contributed by atoms with E-state index in [0.717, 1.165) is 6.07 Å². The Labute approximate surface area is 160 Å². The van der Waals surface area contributed by atoms with Crippen molar-refractivity contribution in [2.24, 2.45) is 0 Å². The third-order valence-corrected chi connectivity index (χ3v) is 4.75. The Balaban J connectivity index is 2.00. The molecule has 0 aliphatic carbocycles. The summed E-state index contributed by atoms with van der Waals surface area (Å²) in [6.07, 6.45) is 0.820. The molecule has 1 saturated heterocycles. The molecule has 0 amide bonds. The lowest BCUT2D eigenvalue weighted by Crippen LogP contribution is -2.41. The molecule has 3 rings (SSSR count). The molecule has 27 heavy (non-hydrogen) atoms. The molecular formula is C20H16ClF3N2O. The summed E-state index contributed by atoms with van der Waals surface area (Å²) in [6, 6.07) is 10.7. The van der Waals surface area contributed by atoms with Gasteiger partial charge in [0.25, 0.3) is 0 Å². The van der Waals surface area contributed by atoms with Gasteiger partial charge in [-0.1, -0.05) is 35.7 Å². The van der Waals surface area contributed by atoms with Crippen molar-refractivity contribution in [1.82, 2.24) is 10.4 Å². The Morgan fingerprint density at radius 2 is 1.89 bits per heavy atom. The lowest BCUT2D eigenvalue weighted by atomic mass is 9.85. The lowest BCUT2D eigenvalue weighted by molar-refractivity contribution is -0.138. The summed E-state index contributed by atoms with van der Waals surface area (Å²) in [4.78, 5) is 13.0. The molecule has 0 radical (unpaired) electrons. The molecule has 0 aromatic heterocycles. The molecule has 1 aliphatic heterocycles. The maximum atomic E-state index is 13.5. The molecule has 2 atom stereocenters. The normalized spacial score (nSPS) is 20.4. The molecule has 0 bridgehead atoms. The van der Waals surface area contributed by atoms with E-state index in [2.05, 4.69) is 11.3 Å². The predicted octanol–water partition coefficient (Wildman–Crippen LogP) is 4.15. The average molecular weight is 393 g/mol. The lowest BCUT2D eigenvalue weighted by Gasteiger charge is -2.21. The second-order valence-electron chi connectivity index (χ2n) is 6.25. The van der Waals surface area contributed by atoms with E-state index in [0.29, 0.717) is 10.6 Å². The number of Topliss-reactive ketones (excluding diaryl/α,β-unsaturated/α-hetero) is 1. The number of ketones is 1. The maximum absolute atomic E-state index is 13.5. The first-order valence-corrected chi connectivity index (χ1v) is 8.59. The van der Waals surface area contributed by atoms with Crippen LogP contribution in [0.3, 0.4) is 0 Å². The Morgan fingerprint density at radius 1 is 1.22 bits per heavy atom. The zero-order valence-corrected chi connectivity index (χ0v) is 14.9. The van der Waals surface area contributed by atoms with Crippen molar-refractivity contribution < 1.29 is 18.0 Å². The number of hydrogen-bond donors (Lipinski definition) is 1. The van der Waals surface area contributed by atoms with Crippen molar-refractivity contribution in [1.29, 1.82) is 0 Å². The molecule has 0 spiro atoms. The van der Waals surface area contributed by atoms with Gasteiger partial charge in [-0.3, -0.25) is 4.79 Å². The van der Waals surface area contributed by atoms with Gasteiger partial charge < -0.3 is 0 Å². The fourth-order valence-corrected chi connectivity index (χ4v) is 3.42. The fourth-order valence-electron chi connectivity index (χ4n) is 3.29. The van der Waals surface area contributed by atoms with Crippen LogP contribution in [-0.2, 0) is 6.18 Å². The van der Waals surface area contributed by atoms with Gasteiger partial charge in [0, 0.05) is 23.0 Å². The van der Waals surface area contributed by atoms with Crippen LogP contribution in [-0.4, -0.2) is 29.9 Å². The van der Waals surface area contributed by atoms with Crippen LogP contribution in [0.2, 0.25) is 5.02 Å². The first-order valence-electron chi connectivity index (χ1n) is 8.21. The van der Waals surface area contributed by atoms with Crippen LogP contribution in [0.1, 0.15) is 27.4 Å². The van der Waals surface area contributed by atoms with Crippen LogP contribution in [0, 0.1) is 12.3 Å². The van der Waals surface area contributed by atoms with E-state index >= 15 is 0 Å². The number of alkyl halides is 3. The van der Waals surface area contributed by atoms with Gasteiger partial charge in [0.15, 0.2) is 5.78 Å². The van der Waals surface area contributed by atoms with Crippen molar-refractivity contribution >= 4 is 17.4 Å². The molecule has 2 unspecified atom stereocenters. The molecule has 7 heteroatoms. The van der Waals surface area contributed by atoms with Crippen molar-refractivity contribution in [3.05, 3.63) is 70.2 Å². The van der Waals surface area contributed by atoms with E-state index < -0.39 is 23.7 Å². The standard InChI is InChI=1S/C20H16ClF3N2O/c1-2-11-26-12-16(15-5-3-4-6-17(15)20(22,23)24)18(25-26)19(27)13-7-9-14(21)10-8-13/h1,3-10,16,18,25H,11-12H2. The monoisotopic (exact) mass is 392 g/mol. The van der Waals surface area contributed by atoms with Gasteiger partial charge in [-0.05, 0) is 35.9 Å². The third kappa shape index (κ3) is 4.16. The van der Waals surface area contributed by atoms with Crippen molar-refractivity contribution in [2.45, 2.75) is 18.1 Å². The third-order valence-electron chi connectivity index (χ3n) is 4.50. The summed E-state index contributed by atoms with van der Waals surface area (Å²) < 4.78 is 40.4. The van der Waals surface area contributed by atoms with E-state index in [1.807, 2.05) is 0 Å². The second-order valence-corrected chi connectivity index (χ2v) is 6.69. The minimum Gasteiger partial charge on any atom is -0.292 e. The highest BCUT2D eigenvalue weighted by Crippen LogP contribution is 2.38. The molecule has 0 saturated carbocycles. The summed E-state index contributed by atoms with van der Waals surface area (Å²) in [5.74, 6) is 1.44. The van der Waals surface area contributed by atoms with Gasteiger partial charge in [-0.25, -0.2) is 10.4 Å². The number of rotatable bonds is 4. The molecular weight excluding hydrogens is 377 g/mol. The minimum absolute atomic E-state index is 0.0735. The molecule has 3 nitrogen and oxygen atoms in total. The number of benzene rings is 2. The maximum Gasteiger partial charge on any atom is 0.416 e. The Bertz CT molecular complexity index is 874. The number of terminal acetylenes is 1. The van der Waals surface area contributed by atoms with Crippen LogP contribution < -0.4 is 5.43 Å². The van der Waals surface area contributed by atoms with Gasteiger partial charge in [-0.2, -0.15) is 13.2 Å². The zero-order chi connectivity index (χ0) is 19.6. The van der Waals surface area contributed by atoms with E-state index in [1.54, 1.807) is 29.3 Å². The Morgan fingerprint density at radius 3 is 2.52 bits per heavy atom. The van der Waals surface area contributed by atoms with Gasteiger partial charge in [-0.15, -0.1) is 6.42 Å². The molecule has 2 aromatic carbocycles. The smallest absolute Gasteiger partial charge is 0.292 e. The summed E-state index contributed by atoms with van der Waals surface area (Å²) in [5, 5.41) is 2.06. The number of nitrogens with zero attached hydrogens (tertiary/aromatic N) is 1. The van der Waals surface area contributed by atoms with Crippen molar-refractivity contribution in [3.8, 4) is 12.3 Å². The quantitative estimate of drug-likeness (QED) is 0.626. The number of carbonyl (C=O) groups is 1. The summed E-state index contributed by atoms with van der Waals surface area (Å²) in [7, 11) is 0. The number of hydrogen-bond acceptors (Lipinski definition) is 3. The average Bonchev–Trinajstić information content (AvgIpc) is 3.05. The SMILES string of the molecule is C#CCN1CC(c2ccccc2C(F)(F)F)C(C(=O)c2ccc(Cl)cc2)N1. The van der Waals surface area contributed by atoms with E-state index in [-0.39, 0.29) is 24.4 Å². The van der Waals surface area contributed by atoms with Gasteiger partial charge in [0.05, 0.1) is 18.2 Å². The van der Waals surface area contributed by atoms with Crippen LogP contribution in [0.4, 0.5) is 13.2 Å². The molecule has 2 aromatic rings. The van der Waals surface area contributed by atoms with Crippen molar-refractivity contribution in [2.75, 3.05) is 13.1 Å². The Hall–Kier alpha value is -2.33. The van der Waals surface area contributed by atoms with Crippen LogP contribution >= 0.6 is 11.6 Å². The zero-order valence-electron chi connectivity index (χ0n) is 14.1. The molecule has 1 heterocycles. The number of carbonyl (C=O) groups excluding carboxylic acids is 1. The summed E-state index contributed by atoms with van der Waals surface area (Å²) in [6.45, 7) is 0.371. The number of nitrogens with one attached hydrogen (secondary N) is 1. The van der Waals surface area contributed by atoms with Crippen LogP contribution in [0.15, 0.2) is 48.5 Å². The molecule has 140 valence electrons. The number of halogens is 4. The molecule has 1 aliphatic rings. The van der Waals surface area contributed by atoms with E-state index in [4.69, 9.17) is 18.0 Å². The first kappa shape index (κ1) is 19.4. The topological polar surface area (TPSA) is 32.3 Å². The second kappa shape index (κ2) is 7.73. The highest BCUT2D eigenvalue weighted by atomic mass is 35.5. The predicted molar refractivity (Wildman–Crippen MR) is 97.3 cm³/mol. The van der Waals surface area contributed by atoms with Gasteiger partial charge >= 0.3 is 6.18 Å². The fraction of sp³-hybridized carbons (Fsp3) is 0.250. The van der Waals surface area contributed by atoms with Gasteiger partial charge in [0.2, 0.25) is 0 Å². The van der Waals surface area contributed by atoms with E-state index in [9.17, 15) is 18.0 Å². The largest absolute Gasteiger partial charge is 0.416 e. The highest BCUT2D eigenvalue weighted by Gasteiger charge is 2.43. The van der Waals surface area contributed by atoms with Gasteiger partial charge in [0.1, 0.15) is 0 Å². The van der Waals surface area contributed by atoms with Crippen LogP contribution in [0.5, 0.6) is 0 Å². The Kier molecular flexibility index (Phi) is 5.56. The van der Waals surface area contributed by atoms with E-state index in [1.165, 1.54) is 18.2 Å². The first-order chi connectivity index (χ1) is 12.8. The summed E-state index contributed by atoms with van der Waals surface area (Å²) in [5.41, 5.74) is 2.67. The minimum atomic E-state index is -4.51. The highest BCUT2D eigenvalue weighted by molar-refractivity contribution is 6.30. The number of hydrazine groups is 1.